The molecule has 4 rings (SSSR count). The first-order valence-electron chi connectivity index (χ1n) is 8.19. The summed E-state index contributed by atoms with van der Waals surface area (Å²) in [6.45, 7) is 0. The molecule has 0 radical (unpaired) electrons. The van der Waals surface area contributed by atoms with Crippen molar-refractivity contribution in [1.29, 1.82) is 0 Å². The van der Waals surface area contributed by atoms with Crippen molar-refractivity contribution in [2.24, 2.45) is 0 Å². The zero-order chi connectivity index (χ0) is 19.7. The third-order valence-corrected chi connectivity index (χ3v) is 4.73. The van der Waals surface area contributed by atoms with Crippen LogP contribution in [-0.4, -0.2) is 34.8 Å². The van der Waals surface area contributed by atoms with E-state index in [1.807, 2.05) is 18.2 Å². The quantitative estimate of drug-likeness (QED) is 0.458. The molecule has 0 bridgehead atoms. The van der Waals surface area contributed by atoms with Gasteiger partial charge in [0.1, 0.15) is 12.1 Å². The van der Waals surface area contributed by atoms with Crippen molar-refractivity contribution in [3.63, 3.8) is 0 Å². The van der Waals surface area contributed by atoms with Crippen LogP contribution in [0.4, 0.5) is 17.2 Å². The number of nitrogens with one attached hydrogen (secondary N) is 3. The van der Waals surface area contributed by atoms with Crippen LogP contribution in [0.5, 0.6) is 0 Å². The third-order valence-electron chi connectivity index (χ3n) is 3.89. The lowest BCUT2D eigenvalue weighted by Gasteiger charge is -2.09. The topological polar surface area (TPSA) is 113 Å². The van der Waals surface area contributed by atoms with Crippen LogP contribution in [0.3, 0.4) is 0 Å². The van der Waals surface area contributed by atoms with E-state index in [0.29, 0.717) is 33.3 Å². The highest BCUT2D eigenvalue weighted by Gasteiger charge is 2.15. The maximum Gasteiger partial charge on any atom is 0.229 e. The van der Waals surface area contributed by atoms with Gasteiger partial charge in [-0.3, -0.25) is 9.82 Å². The lowest BCUT2D eigenvalue weighted by atomic mass is 10.1. The first-order chi connectivity index (χ1) is 13.4. The molecule has 0 aliphatic rings. The minimum Gasteiger partial charge on any atom is -0.339 e. The Bertz CT molecular complexity index is 1270. The molecule has 142 valence electrons. The molecule has 8 nitrogen and oxygen atoms in total. The van der Waals surface area contributed by atoms with Crippen molar-refractivity contribution in [2.75, 3.05) is 16.3 Å². The Balaban J connectivity index is 1.80. The molecule has 0 saturated carbocycles. The van der Waals surface area contributed by atoms with Crippen LogP contribution in [0.15, 0.2) is 54.9 Å². The summed E-state index contributed by atoms with van der Waals surface area (Å²) in [6.07, 6.45) is 2.52. The number of halogens is 1. The van der Waals surface area contributed by atoms with Crippen molar-refractivity contribution >= 4 is 49.9 Å². The first kappa shape index (κ1) is 18.2. The van der Waals surface area contributed by atoms with Crippen LogP contribution < -0.4 is 10.0 Å². The van der Waals surface area contributed by atoms with Gasteiger partial charge in [0.25, 0.3) is 0 Å². The molecule has 0 unspecified atom stereocenters. The second-order valence-electron chi connectivity index (χ2n) is 6.11. The molecule has 0 saturated heterocycles. The van der Waals surface area contributed by atoms with Gasteiger partial charge >= 0.3 is 0 Å². The van der Waals surface area contributed by atoms with Crippen LogP contribution in [0.1, 0.15) is 0 Å². The molecular weight excluding hydrogens is 400 g/mol. The lowest BCUT2D eigenvalue weighted by Crippen LogP contribution is -2.09. The third kappa shape index (κ3) is 3.90. The summed E-state index contributed by atoms with van der Waals surface area (Å²) < 4.78 is 25.5. The Hall–Kier alpha value is -3.17. The highest BCUT2D eigenvalue weighted by molar-refractivity contribution is 7.92. The van der Waals surface area contributed by atoms with Crippen LogP contribution in [0.2, 0.25) is 5.02 Å². The maximum atomic E-state index is 11.5. The summed E-state index contributed by atoms with van der Waals surface area (Å²) in [5.41, 5.74) is 3.10. The zero-order valence-electron chi connectivity index (χ0n) is 14.6. The van der Waals surface area contributed by atoms with E-state index in [1.165, 1.54) is 6.33 Å². The van der Waals surface area contributed by atoms with E-state index >= 15 is 0 Å². The molecule has 3 N–H and O–H groups in total. The zero-order valence-corrected chi connectivity index (χ0v) is 16.2. The van der Waals surface area contributed by atoms with Gasteiger partial charge < -0.3 is 5.32 Å². The number of benzene rings is 2. The van der Waals surface area contributed by atoms with Gasteiger partial charge in [-0.1, -0.05) is 29.8 Å². The van der Waals surface area contributed by atoms with E-state index in [0.717, 1.165) is 17.5 Å². The van der Waals surface area contributed by atoms with Crippen LogP contribution in [-0.2, 0) is 10.0 Å². The van der Waals surface area contributed by atoms with E-state index in [1.54, 1.807) is 30.3 Å². The second-order valence-corrected chi connectivity index (χ2v) is 8.29. The van der Waals surface area contributed by atoms with Gasteiger partial charge in [0.15, 0.2) is 5.65 Å². The van der Waals surface area contributed by atoms with Crippen molar-refractivity contribution < 1.29 is 8.42 Å². The molecule has 0 spiro atoms. The van der Waals surface area contributed by atoms with Crippen molar-refractivity contribution in [3.8, 4) is 11.3 Å². The smallest absolute Gasteiger partial charge is 0.229 e. The monoisotopic (exact) mass is 414 g/mol. The predicted molar refractivity (Wildman–Crippen MR) is 110 cm³/mol. The number of H-pyrrole nitrogens is 1. The van der Waals surface area contributed by atoms with Gasteiger partial charge in [0.2, 0.25) is 10.0 Å². The fourth-order valence-corrected chi connectivity index (χ4v) is 3.56. The van der Waals surface area contributed by atoms with Gasteiger partial charge in [0, 0.05) is 22.0 Å². The average Bonchev–Trinajstić information content (AvgIpc) is 3.06. The predicted octanol–water partition coefficient (Wildman–Crippen LogP) is 3.79. The summed E-state index contributed by atoms with van der Waals surface area (Å²) in [5.74, 6) is 0.553. The highest BCUT2D eigenvalue weighted by atomic mass is 35.5. The number of sulfonamides is 1. The Labute approximate surface area is 166 Å². The van der Waals surface area contributed by atoms with Crippen LogP contribution in [0, 0.1) is 0 Å². The summed E-state index contributed by atoms with van der Waals surface area (Å²) in [6, 6.07) is 14.3. The Morgan fingerprint density at radius 3 is 2.61 bits per heavy atom. The van der Waals surface area contributed by atoms with Crippen molar-refractivity contribution in [3.05, 3.63) is 59.9 Å². The Morgan fingerprint density at radius 1 is 1.04 bits per heavy atom. The molecule has 2 aromatic carbocycles. The SMILES string of the molecule is CS(=O)(=O)Nc1cccc(-c2[nH]nc3ncnc(Nc4cccc(Cl)c4)c23)c1. The molecule has 28 heavy (non-hydrogen) atoms. The standard InChI is InChI=1S/C18H15ClN6O2S/c1-28(26,27)25-14-7-2-4-11(8-14)16-15-17(20-10-21-18(15)24-23-16)22-13-6-3-5-12(19)9-13/h2-10,25H,1H3,(H2,20,21,22,23,24). The lowest BCUT2D eigenvalue weighted by molar-refractivity contribution is 0.607. The van der Waals surface area contributed by atoms with E-state index in [2.05, 4.69) is 30.2 Å². The van der Waals surface area contributed by atoms with Gasteiger partial charge in [-0.2, -0.15) is 5.10 Å². The first-order valence-corrected chi connectivity index (χ1v) is 10.5. The van der Waals surface area contributed by atoms with E-state index in [4.69, 9.17) is 11.6 Å². The molecule has 4 aromatic rings. The highest BCUT2D eigenvalue weighted by Crippen LogP contribution is 2.32. The normalized spacial score (nSPS) is 11.5. The summed E-state index contributed by atoms with van der Waals surface area (Å²) >= 11 is 6.06. The van der Waals surface area contributed by atoms with Crippen molar-refractivity contribution in [2.45, 2.75) is 0 Å². The van der Waals surface area contributed by atoms with Gasteiger partial charge in [-0.05, 0) is 30.3 Å². The molecule has 2 aromatic heterocycles. The van der Waals surface area contributed by atoms with Gasteiger partial charge in [-0.25, -0.2) is 18.4 Å². The number of hydrogen-bond acceptors (Lipinski definition) is 6. The number of nitrogens with zero attached hydrogens (tertiary/aromatic N) is 3. The molecule has 0 amide bonds. The number of fused-ring (bicyclic) bond motifs is 1. The van der Waals surface area contributed by atoms with Crippen LogP contribution in [0.25, 0.3) is 22.3 Å². The Morgan fingerprint density at radius 2 is 1.82 bits per heavy atom. The minimum absolute atomic E-state index is 0.448. The van der Waals surface area contributed by atoms with Gasteiger partial charge in [0.05, 0.1) is 17.3 Å². The second kappa shape index (κ2) is 7.10. The number of anilines is 3. The molecule has 2 heterocycles. The summed E-state index contributed by atoms with van der Waals surface area (Å²) in [7, 11) is -3.38. The molecular formula is C18H15ClN6O2S. The summed E-state index contributed by atoms with van der Waals surface area (Å²) in [5, 5.41) is 11.7. The molecule has 0 fully saturated rings. The van der Waals surface area contributed by atoms with Crippen molar-refractivity contribution in [1.82, 2.24) is 20.2 Å². The van der Waals surface area contributed by atoms with E-state index < -0.39 is 10.0 Å². The number of hydrogen-bond donors (Lipinski definition) is 3. The largest absolute Gasteiger partial charge is 0.339 e. The number of aromatic nitrogens is 4. The fourth-order valence-electron chi connectivity index (χ4n) is 2.81. The summed E-state index contributed by atoms with van der Waals surface area (Å²) in [4.78, 5) is 8.53. The maximum absolute atomic E-state index is 11.5. The fraction of sp³-hybridized carbons (Fsp3) is 0.0556. The molecule has 0 aliphatic carbocycles. The number of aromatic amines is 1. The van der Waals surface area contributed by atoms with Gasteiger partial charge in [-0.15, -0.1) is 0 Å². The molecule has 0 atom stereocenters. The minimum atomic E-state index is -3.38. The van der Waals surface area contributed by atoms with E-state index in [-0.39, 0.29) is 0 Å². The van der Waals surface area contributed by atoms with E-state index in [9.17, 15) is 8.42 Å². The molecule has 10 heteroatoms. The Kier molecular flexibility index (Phi) is 4.62. The number of rotatable bonds is 5. The molecule has 0 aliphatic heterocycles. The average molecular weight is 415 g/mol. The van der Waals surface area contributed by atoms with Crippen LogP contribution >= 0.6 is 11.6 Å².